The Morgan fingerprint density at radius 2 is 1.72 bits per heavy atom. The Kier molecular flexibility index (Phi) is 7.30. The van der Waals surface area contributed by atoms with Crippen LogP contribution >= 0.6 is 0 Å². The molecule has 4 N–H and O–H groups in total. The van der Waals surface area contributed by atoms with Crippen LogP contribution < -0.4 is 20.5 Å². The Labute approximate surface area is 247 Å². The molecule has 0 bridgehead atoms. The number of hydrogen-bond donors (Lipinski definition) is 2. The zero-order valence-electron chi connectivity index (χ0n) is 22.8. The molecule has 0 atom stereocenters. The highest BCUT2D eigenvalue weighted by Gasteiger charge is 2.28. The molecule has 0 saturated carbocycles. The smallest absolute Gasteiger partial charge is 0.254 e. The predicted octanol–water partition coefficient (Wildman–Crippen LogP) is 3.79. The molecular formula is C31H27N5O6S. The highest BCUT2D eigenvalue weighted by Crippen LogP contribution is 2.37. The van der Waals surface area contributed by atoms with Crippen molar-refractivity contribution in [2.45, 2.75) is 11.4 Å². The molecule has 0 saturated heterocycles. The number of carbonyl (C=O) groups is 2. The van der Waals surface area contributed by atoms with Gasteiger partial charge < -0.3 is 24.8 Å². The summed E-state index contributed by atoms with van der Waals surface area (Å²) in [4.78, 5) is 30.6. The van der Waals surface area contributed by atoms with Crippen molar-refractivity contribution in [3.63, 3.8) is 0 Å². The van der Waals surface area contributed by atoms with Gasteiger partial charge in [0.25, 0.3) is 5.91 Å². The van der Waals surface area contributed by atoms with E-state index in [1.165, 1.54) is 11.0 Å². The van der Waals surface area contributed by atoms with Gasteiger partial charge in [-0.1, -0.05) is 59.8 Å². The Morgan fingerprint density at radius 3 is 2.51 bits per heavy atom. The molecule has 218 valence electrons. The van der Waals surface area contributed by atoms with E-state index in [2.05, 4.69) is 5.16 Å². The third-order valence-electron chi connectivity index (χ3n) is 7.20. The number of ether oxygens (including phenoxy) is 1. The molecule has 12 heteroatoms. The number of amides is 2. The molecule has 6 rings (SSSR count). The highest BCUT2D eigenvalue weighted by molar-refractivity contribution is 7.89. The number of benzene rings is 4. The Balaban J connectivity index is 1.30. The molecule has 1 aliphatic rings. The standard InChI is InChI=1S/C31H27N5O6S/c32-30-24-16-22(11-13-26(24)42-34-30)31(38)35(18-20-6-2-1-3-7-20)19-29(37)36-14-15-41-27-17-21(10-12-25(27)36)23-8-4-5-9-28(23)43(33,39)40/h1-13,16-17H,14-15,18-19H2,(H2,32,34)(H2,33,39,40). The number of nitrogens with two attached hydrogens (primary N) is 2. The lowest BCUT2D eigenvalue weighted by atomic mass is 10.0. The van der Waals surface area contributed by atoms with Crippen LogP contribution in [0.15, 0.2) is 100 Å². The number of sulfonamides is 1. The summed E-state index contributed by atoms with van der Waals surface area (Å²) in [6, 6.07) is 25.7. The van der Waals surface area contributed by atoms with Crippen LogP contribution in [0.5, 0.6) is 5.75 Å². The summed E-state index contributed by atoms with van der Waals surface area (Å²) >= 11 is 0. The summed E-state index contributed by atoms with van der Waals surface area (Å²) in [5.74, 6) is -0.0813. The van der Waals surface area contributed by atoms with Crippen molar-refractivity contribution in [3.8, 4) is 16.9 Å². The van der Waals surface area contributed by atoms with Crippen LogP contribution in [0.25, 0.3) is 22.1 Å². The molecular weight excluding hydrogens is 570 g/mol. The zero-order chi connectivity index (χ0) is 30.1. The zero-order valence-corrected chi connectivity index (χ0v) is 23.7. The lowest BCUT2D eigenvalue weighted by Crippen LogP contribution is -2.45. The number of anilines is 2. The lowest BCUT2D eigenvalue weighted by Gasteiger charge is -2.32. The van der Waals surface area contributed by atoms with Gasteiger partial charge in [-0.3, -0.25) is 9.59 Å². The SMILES string of the molecule is Nc1noc2ccc(C(=O)N(CC(=O)N3CCOc4cc(-c5ccccc5S(N)(=O)=O)ccc43)Cc3ccccc3)cc12. The number of rotatable bonds is 7. The number of hydrogen-bond acceptors (Lipinski definition) is 8. The van der Waals surface area contributed by atoms with Crippen molar-refractivity contribution in [1.82, 2.24) is 10.1 Å². The minimum atomic E-state index is -3.97. The maximum Gasteiger partial charge on any atom is 0.254 e. The van der Waals surface area contributed by atoms with Gasteiger partial charge in [-0.05, 0) is 47.5 Å². The van der Waals surface area contributed by atoms with E-state index < -0.39 is 10.0 Å². The van der Waals surface area contributed by atoms with Crippen molar-refractivity contribution in [3.05, 3.63) is 102 Å². The van der Waals surface area contributed by atoms with E-state index in [9.17, 15) is 18.0 Å². The second-order valence-electron chi connectivity index (χ2n) is 10.0. The minimum absolute atomic E-state index is 0.0140. The van der Waals surface area contributed by atoms with E-state index in [1.54, 1.807) is 59.5 Å². The second-order valence-corrected chi connectivity index (χ2v) is 11.6. The number of fused-ring (bicyclic) bond motifs is 2. The molecule has 2 heterocycles. The normalized spacial score (nSPS) is 12.9. The van der Waals surface area contributed by atoms with Gasteiger partial charge in [0, 0.05) is 17.7 Å². The summed E-state index contributed by atoms with van der Waals surface area (Å²) in [5, 5.41) is 9.70. The predicted molar refractivity (Wildman–Crippen MR) is 161 cm³/mol. The molecule has 11 nitrogen and oxygen atoms in total. The van der Waals surface area contributed by atoms with E-state index >= 15 is 0 Å². The molecule has 0 radical (unpaired) electrons. The molecule has 4 aromatic carbocycles. The Bertz CT molecular complexity index is 1960. The number of carbonyl (C=O) groups excluding carboxylic acids is 2. The molecule has 5 aromatic rings. The van der Waals surface area contributed by atoms with E-state index in [4.69, 9.17) is 20.1 Å². The van der Waals surface area contributed by atoms with Gasteiger partial charge in [0.15, 0.2) is 11.4 Å². The molecule has 1 aromatic heterocycles. The first-order valence-corrected chi connectivity index (χ1v) is 14.9. The summed E-state index contributed by atoms with van der Waals surface area (Å²) in [6.07, 6.45) is 0. The first-order valence-electron chi connectivity index (χ1n) is 13.4. The quantitative estimate of drug-likeness (QED) is 0.286. The monoisotopic (exact) mass is 597 g/mol. The van der Waals surface area contributed by atoms with Gasteiger partial charge >= 0.3 is 0 Å². The molecule has 0 spiro atoms. The van der Waals surface area contributed by atoms with Gasteiger partial charge in [-0.2, -0.15) is 0 Å². The van der Waals surface area contributed by atoms with Crippen molar-refractivity contribution >= 4 is 44.3 Å². The lowest BCUT2D eigenvalue weighted by molar-refractivity contribution is -0.119. The summed E-state index contributed by atoms with van der Waals surface area (Å²) in [6.45, 7) is 0.480. The number of primary sulfonamides is 1. The van der Waals surface area contributed by atoms with Gasteiger partial charge in [-0.15, -0.1) is 0 Å². The van der Waals surface area contributed by atoms with Gasteiger partial charge in [0.2, 0.25) is 15.9 Å². The van der Waals surface area contributed by atoms with Gasteiger partial charge in [-0.25, -0.2) is 13.6 Å². The Hall–Kier alpha value is -5.20. The van der Waals surface area contributed by atoms with E-state index in [0.29, 0.717) is 39.1 Å². The average Bonchev–Trinajstić information content (AvgIpc) is 3.39. The van der Waals surface area contributed by atoms with Crippen LogP contribution in [-0.4, -0.2) is 50.0 Å². The fourth-order valence-electron chi connectivity index (χ4n) is 5.12. The summed E-state index contributed by atoms with van der Waals surface area (Å²) in [7, 11) is -3.97. The summed E-state index contributed by atoms with van der Waals surface area (Å²) < 4.78 is 35.4. The van der Waals surface area contributed by atoms with Crippen molar-refractivity contribution in [2.24, 2.45) is 5.14 Å². The molecule has 0 aliphatic carbocycles. The molecule has 0 fully saturated rings. The van der Waals surface area contributed by atoms with Crippen LogP contribution in [0.1, 0.15) is 15.9 Å². The van der Waals surface area contributed by atoms with Crippen molar-refractivity contribution < 1.29 is 27.3 Å². The molecule has 1 aliphatic heterocycles. The molecule has 43 heavy (non-hydrogen) atoms. The number of nitrogens with zero attached hydrogens (tertiary/aromatic N) is 3. The van der Waals surface area contributed by atoms with Crippen LogP contribution in [0.3, 0.4) is 0 Å². The third kappa shape index (κ3) is 5.65. The van der Waals surface area contributed by atoms with E-state index in [1.807, 2.05) is 30.3 Å². The fraction of sp³-hybridized carbons (Fsp3) is 0.129. The first-order chi connectivity index (χ1) is 20.7. The maximum atomic E-state index is 13.8. The molecule has 2 amide bonds. The Morgan fingerprint density at radius 1 is 0.953 bits per heavy atom. The second kappa shape index (κ2) is 11.2. The van der Waals surface area contributed by atoms with Gasteiger partial charge in [0.1, 0.15) is 18.9 Å². The van der Waals surface area contributed by atoms with Crippen LogP contribution in [-0.2, 0) is 21.4 Å². The largest absolute Gasteiger partial charge is 0.490 e. The topological polar surface area (TPSA) is 162 Å². The highest BCUT2D eigenvalue weighted by atomic mass is 32.2. The van der Waals surface area contributed by atoms with Crippen molar-refractivity contribution in [2.75, 3.05) is 30.3 Å². The van der Waals surface area contributed by atoms with Crippen LogP contribution in [0.2, 0.25) is 0 Å². The maximum absolute atomic E-state index is 13.8. The number of aromatic nitrogens is 1. The average molecular weight is 598 g/mol. The minimum Gasteiger partial charge on any atom is -0.490 e. The van der Waals surface area contributed by atoms with E-state index in [-0.39, 0.29) is 48.8 Å². The summed E-state index contributed by atoms with van der Waals surface area (Å²) in [5.41, 5.74) is 9.06. The first kappa shape index (κ1) is 27.9. The fourth-order valence-corrected chi connectivity index (χ4v) is 5.89. The van der Waals surface area contributed by atoms with Crippen molar-refractivity contribution in [1.29, 1.82) is 0 Å². The van der Waals surface area contributed by atoms with E-state index in [0.717, 1.165) is 5.56 Å². The van der Waals surface area contributed by atoms with Gasteiger partial charge in [0.05, 0.1) is 22.5 Å². The molecule has 0 unspecified atom stereocenters. The van der Waals surface area contributed by atoms with Crippen LogP contribution in [0, 0.1) is 0 Å². The number of nitrogen functional groups attached to an aromatic ring is 1. The third-order valence-corrected chi connectivity index (χ3v) is 8.17. The van der Waals surface area contributed by atoms with Crippen LogP contribution in [0.4, 0.5) is 11.5 Å².